The van der Waals surface area contributed by atoms with Gasteiger partial charge in [-0.3, -0.25) is 4.79 Å². The molecule has 0 saturated carbocycles. The molecule has 1 aliphatic heterocycles. The van der Waals surface area contributed by atoms with Crippen molar-refractivity contribution in [2.24, 2.45) is 0 Å². The monoisotopic (exact) mass is 356 g/mol. The first kappa shape index (κ1) is 18.0. The molecular formula is C20H24N2O2S. The van der Waals surface area contributed by atoms with Crippen LogP contribution in [0, 0.1) is 13.8 Å². The van der Waals surface area contributed by atoms with Crippen LogP contribution in [0.2, 0.25) is 0 Å². The number of hydrogen-bond acceptors (Lipinski definition) is 4. The zero-order valence-electron chi connectivity index (χ0n) is 14.9. The number of carbonyl (C=O) groups excluding carboxylic acids is 1. The van der Waals surface area contributed by atoms with Crippen LogP contribution in [0.15, 0.2) is 46.5 Å². The molecule has 25 heavy (non-hydrogen) atoms. The van der Waals surface area contributed by atoms with Crippen molar-refractivity contribution in [2.75, 3.05) is 6.61 Å². The average Bonchev–Trinajstić information content (AvgIpc) is 3.13. The molecule has 0 radical (unpaired) electrons. The lowest BCUT2D eigenvalue weighted by atomic mass is 10.1. The van der Waals surface area contributed by atoms with E-state index in [0.29, 0.717) is 5.56 Å². The van der Waals surface area contributed by atoms with E-state index in [4.69, 9.17) is 4.74 Å². The van der Waals surface area contributed by atoms with Crippen molar-refractivity contribution in [2.45, 2.75) is 55.7 Å². The van der Waals surface area contributed by atoms with Gasteiger partial charge in [0, 0.05) is 17.7 Å². The van der Waals surface area contributed by atoms with Crippen molar-refractivity contribution in [3.63, 3.8) is 0 Å². The van der Waals surface area contributed by atoms with Crippen LogP contribution in [0.4, 0.5) is 0 Å². The highest BCUT2D eigenvalue weighted by atomic mass is 32.2. The Kier molecular flexibility index (Phi) is 5.76. The normalized spacial score (nSPS) is 18.1. The van der Waals surface area contributed by atoms with Gasteiger partial charge in [0.1, 0.15) is 5.03 Å². The van der Waals surface area contributed by atoms with Crippen LogP contribution in [0.3, 0.4) is 0 Å². The highest BCUT2D eigenvalue weighted by Gasteiger charge is 2.25. The van der Waals surface area contributed by atoms with Crippen LogP contribution in [-0.2, 0) is 4.74 Å². The van der Waals surface area contributed by atoms with Gasteiger partial charge in [-0.15, -0.1) is 0 Å². The molecule has 5 heteroatoms. The van der Waals surface area contributed by atoms with Gasteiger partial charge in [-0.05, 0) is 69.0 Å². The SMILES string of the molecule is Cc1ccc(Sc2ncccc2C(=O)N[C@H](C)[C@H]2CCCO2)cc1C. The van der Waals surface area contributed by atoms with E-state index >= 15 is 0 Å². The molecule has 0 aliphatic carbocycles. The highest BCUT2D eigenvalue weighted by Crippen LogP contribution is 2.30. The van der Waals surface area contributed by atoms with Crippen molar-refractivity contribution >= 4 is 17.7 Å². The fraction of sp³-hybridized carbons (Fsp3) is 0.400. The number of ether oxygens (including phenoxy) is 1. The van der Waals surface area contributed by atoms with Gasteiger partial charge in [0.25, 0.3) is 5.91 Å². The quantitative estimate of drug-likeness (QED) is 0.874. The molecule has 2 aromatic rings. The molecule has 0 unspecified atom stereocenters. The third kappa shape index (κ3) is 4.41. The minimum Gasteiger partial charge on any atom is -0.376 e. The van der Waals surface area contributed by atoms with Gasteiger partial charge < -0.3 is 10.1 Å². The molecule has 1 aliphatic rings. The summed E-state index contributed by atoms with van der Waals surface area (Å²) in [5.74, 6) is -0.0950. The molecule has 3 rings (SSSR count). The molecule has 1 amide bonds. The van der Waals surface area contributed by atoms with Crippen LogP contribution in [0.25, 0.3) is 0 Å². The second-order valence-electron chi connectivity index (χ2n) is 6.52. The number of rotatable bonds is 5. The molecule has 2 heterocycles. The van der Waals surface area contributed by atoms with E-state index < -0.39 is 0 Å². The lowest BCUT2D eigenvalue weighted by Gasteiger charge is -2.20. The van der Waals surface area contributed by atoms with E-state index in [0.717, 1.165) is 29.4 Å². The predicted octanol–water partition coefficient (Wildman–Crippen LogP) is 4.15. The zero-order valence-corrected chi connectivity index (χ0v) is 15.7. The average molecular weight is 356 g/mol. The summed E-state index contributed by atoms with van der Waals surface area (Å²) >= 11 is 1.52. The minimum atomic E-state index is -0.0950. The number of carbonyl (C=O) groups is 1. The van der Waals surface area contributed by atoms with Gasteiger partial charge in [-0.1, -0.05) is 17.8 Å². The maximum atomic E-state index is 12.7. The van der Waals surface area contributed by atoms with Crippen LogP contribution in [0.5, 0.6) is 0 Å². The van der Waals surface area contributed by atoms with Gasteiger partial charge in [0.2, 0.25) is 0 Å². The summed E-state index contributed by atoms with van der Waals surface area (Å²) in [5, 5.41) is 3.79. The Morgan fingerprint density at radius 2 is 2.16 bits per heavy atom. The number of hydrogen-bond donors (Lipinski definition) is 1. The maximum absolute atomic E-state index is 12.7. The van der Waals surface area contributed by atoms with Crippen molar-refractivity contribution in [3.8, 4) is 0 Å². The standard InChI is InChI=1S/C20H24N2O2S/c1-13-8-9-16(12-14(13)2)25-20-17(6-4-10-21-20)19(23)22-15(3)18-7-5-11-24-18/h4,6,8-10,12,15,18H,5,7,11H2,1-3H3,(H,22,23)/t15-,18-/m1/s1. The lowest BCUT2D eigenvalue weighted by molar-refractivity contribution is 0.0710. The van der Waals surface area contributed by atoms with Crippen molar-refractivity contribution in [3.05, 3.63) is 53.2 Å². The van der Waals surface area contributed by atoms with Crippen LogP contribution >= 0.6 is 11.8 Å². The molecule has 0 spiro atoms. The molecule has 1 N–H and O–H groups in total. The van der Waals surface area contributed by atoms with E-state index in [2.05, 4.69) is 42.3 Å². The number of amides is 1. The summed E-state index contributed by atoms with van der Waals surface area (Å²) in [7, 11) is 0. The molecule has 2 atom stereocenters. The van der Waals surface area contributed by atoms with Gasteiger partial charge >= 0.3 is 0 Å². The van der Waals surface area contributed by atoms with Crippen LogP contribution in [-0.4, -0.2) is 29.6 Å². The Morgan fingerprint density at radius 3 is 2.88 bits per heavy atom. The van der Waals surface area contributed by atoms with Crippen LogP contribution in [0.1, 0.15) is 41.3 Å². The molecule has 132 valence electrons. The van der Waals surface area contributed by atoms with Crippen molar-refractivity contribution < 1.29 is 9.53 Å². The predicted molar refractivity (Wildman–Crippen MR) is 100 cm³/mol. The first-order valence-electron chi connectivity index (χ1n) is 8.67. The van der Waals surface area contributed by atoms with Gasteiger partial charge in [0.05, 0.1) is 17.7 Å². The smallest absolute Gasteiger partial charge is 0.254 e. The number of nitrogens with one attached hydrogen (secondary N) is 1. The summed E-state index contributed by atoms with van der Waals surface area (Å²) in [4.78, 5) is 18.2. The van der Waals surface area contributed by atoms with E-state index in [-0.39, 0.29) is 18.1 Å². The van der Waals surface area contributed by atoms with E-state index in [1.807, 2.05) is 13.0 Å². The zero-order chi connectivity index (χ0) is 17.8. The molecule has 1 saturated heterocycles. The number of aryl methyl sites for hydroxylation is 2. The van der Waals surface area contributed by atoms with E-state index in [1.165, 1.54) is 22.9 Å². The summed E-state index contributed by atoms with van der Waals surface area (Å²) < 4.78 is 5.67. The van der Waals surface area contributed by atoms with Crippen molar-refractivity contribution in [1.82, 2.24) is 10.3 Å². The molecule has 1 aromatic heterocycles. The molecule has 0 bridgehead atoms. The largest absolute Gasteiger partial charge is 0.376 e. The number of pyridine rings is 1. The number of aromatic nitrogens is 1. The van der Waals surface area contributed by atoms with E-state index in [1.54, 1.807) is 12.3 Å². The fourth-order valence-electron chi connectivity index (χ4n) is 2.91. The Labute approximate surface area is 153 Å². The van der Waals surface area contributed by atoms with Gasteiger partial charge in [-0.25, -0.2) is 4.98 Å². The third-order valence-electron chi connectivity index (χ3n) is 4.59. The summed E-state index contributed by atoms with van der Waals surface area (Å²) in [6.45, 7) is 6.97. The second-order valence-corrected chi connectivity index (χ2v) is 7.58. The Bertz CT molecular complexity index is 757. The lowest BCUT2D eigenvalue weighted by Crippen LogP contribution is -2.41. The summed E-state index contributed by atoms with van der Waals surface area (Å²) in [5.41, 5.74) is 3.10. The summed E-state index contributed by atoms with van der Waals surface area (Å²) in [6.07, 6.45) is 3.89. The molecule has 4 nitrogen and oxygen atoms in total. The topological polar surface area (TPSA) is 51.2 Å². The molecule has 1 aromatic carbocycles. The highest BCUT2D eigenvalue weighted by molar-refractivity contribution is 7.99. The minimum absolute atomic E-state index is 0.00493. The Morgan fingerprint density at radius 1 is 1.32 bits per heavy atom. The summed E-state index contributed by atoms with van der Waals surface area (Å²) in [6, 6.07) is 9.92. The molecular weight excluding hydrogens is 332 g/mol. The Hall–Kier alpha value is -1.85. The number of nitrogens with zero attached hydrogens (tertiary/aromatic N) is 1. The van der Waals surface area contributed by atoms with Crippen LogP contribution < -0.4 is 5.32 Å². The van der Waals surface area contributed by atoms with Gasteiger partial charge in [-0.2, -0.15) is 0 Å². The first-order chi connectivity index (χ1) is 12.0. The molecule has 1 fully saturated rings. The Balaban J connectivity index is 1.75. The third-order valence-corrected chi connectivity index (χ3v) is 5.60. The second kappa shape index (κ2) is 8.02. The number of benzene rings is 1. The fourth-order valence-corrected chi connectivity index (χ4v) is 3.89. The maximum Gasteiger partial charge on any atom is 0.254 e. The van der Waals surface area contributed by atoms with Gasteiger partial charge in [0.15, 0.2) is 0 Å². The first-order valence-corrected chi connectivity index (χ1v) is 9.49. The van der Waals surface area contributed by atoms with Crippen molar-refractivity contribution in [1.29, 1.82) is 0 Å². The van der Waals surface area contributed by atoms with E-state index in [9.17, 15) is 4.79 Å².